The molecule has 0 aliphatic rings. The Hall–Kier alpha value is -2.42. The van der Waals surface area contributed by atoms with Gasteiger partial charge >= 0.3 is 18.0 Å². The molecule has 0 aromatic carbocycles. The van der Waals surface area contributed by atoms with Gasteiger partial charge in [0, 0.05) is 19.2 Å². The van der Waals surface area contributed by atoms with Crippen LogP contribution in [-0.2, 0) is 29.2 Å². The number of ether oxygens (including phenoxy) is 3. The Morgan fingerprint density at radius 3 is 2.33 bits per heavy atom. The molecule has 132 valence electrons. The van der Waals surface area contributed by atoms with E-state index >= 15 is 0 Å². The predicted molar refractivity (Wildman–Crippen MR) is 87.9 cm³/mol. The molecule has 0 aliphatic carbocycles. The summed E-state index contributed by atoms with van der Waals surface area (Å²) in [6.45, 7) is 7.82. The lowest BCUT2D eigenvalue weighted by Crippen LogP contribution is -2.35. The highest BCUT2D eigenvalue weighted by Crippen LogP contribution is 2.28. The average molecular weight is 356 g/mol. The first-order valence-electron chi connectivity index (χ1n) is 7.04. The Morgan fingerprint density at radius 2 is 1.83 bits per heavy atom. The minimum Gasteiger partial charge on any atom is -0.465 e. The Kier molecular flexibility index (Phi) is 7.37. The quantitative estimate of drug-likeness (QED) is 0.433. The topological polar surface area (TPSA) is 104 Å². The van der Waals surface area contributed by atoms with Gasteiger partial charge in [-0.05, 0) is 6.92 Å². The highest BCUT2D eigenvalue weighted by molar-refractivity contribution is 7.13. The van der Waals surface area contributed by atoms with Crippen molar-refractivity contribution in [1.29, 1.82) is 0 Å². The van der Waals surface area contributed by atoms with Crippen molar-refractivity contribution < 1.29 is 28.6 Å². The molecule has 1 aromatic heterocycles. The van der Waals surface area contributed by atoms with Gasteiger partial charge in [0.1, 0.15) is 19.8 Å². The van der Waals surface area contributed by atoms with Crippen LogP contribution in [-0.4, -0.2) is 42.8 Å². The maximum Gasteiger partial charge on any atom is 0.413 e. The maximum absolute atomic E-state index is 11.5. The van der Waals surface area contributed by atoms with E-state index in [1.807, 2.05) is 0 Å². The van der Waals surface area contributed by atoms with Crippen LogP contribution in [0.1, 0.15) is 26.5 Å². The Bertz CT molecular complexity index is 595. The SMILES string of the molecule is C=CCOC(=O)Nc1nc(C(C)(COC(C)=O)COC(C)=O)cs1. The molecule has 1 amide bonds. The van der Waals surface area contributed by atoms with E-state index in [4.69, 9.17) is 14.2 Å². The molecule has 1 heterocycles. The number of thiazole rings is 1. The zero-order valence-electron chi connectivity index (χ0n) is 13.8. The number of esters is 2. The number of hydrogen-bond donors (Lipinski definition) is 1. The molecule has 1 aromatic rings. The van der Waals surface area contributed by atoms with E-state index in [9.17, 15) is 14.4 Å². The number of nitrogens with one attached hydrogen (secondary N) is 1. The summed E-state index contributed by atoms with van der Waals surface area (Å²) in [5.41, 5.74) is -0.312. The summed E-state index contributed by atoms with van der Waals surface area (Å²) in [5.74, 6) is -0.906. The second kappa shape index (κ2) is 9.02. The van der Waals surface area contributed by atoms with Crippen LogP contribution in [0.2, 0.25) is 0 Å². The molecular weight excluding hydrogens is 336 g/mol. The van der Waals surface area contributed by atoms with Crippen molar-refractivity contribution in [1.82, 2.24) is 4.98 Å². The van der Waals surface area contributed by atoms with Gasteiger partial charge in [-0.3, -0.25) is 14.9 Å². The van der Waals surface area contributed by atoms with E-state index in [1.54, 1.807) is 12.3 Å². The molecule has 0 aliphatic heterocycles. The Morgan fingerprint density at radius 1 is 1.25 bits per heavy atom. The number of amides is 1. The fourth-order valence-electron chi connectivity index (χ4n) is 1.58. The average Bonchev–Trinajstić information content (AvgIpc) is 2.98. The summed E-state index contributed by atoms with van der Waals surface area (Å²) in [7, 11) is 0. The normalized spacial score (nSPS) is 10.6. The second-order valence-electron chi connectivity index (χ2n) is 5.17. The van der Waals surface area contributed by atoms with Crippen molar-refractivity contribution in [2.24, 2.45) is 0 Å². The van der Waals surface area contributed by atoms with Crippen LogP contribution < -0.4 is 5.32 Å². The van der Waals surface area contributed by atoms with Crippen LogP contribution in [0.25, 0.3) is 0 Å². The molecular formula is C15H20N2O6S. The van der Waals surface area contributed by atoms with Gasteiger partial charge in [0.05, 0.1) is 11.1 Å². The van der Waals surface area contributed by atoms with Crippen LogP contribution in [0.15, 0.2) is 18.0 Å². The minimum absolute atomic E-state index is 0.0142. The molecule has 0 radical (unpaired) electrons. The van der Waals surface area contributed by atoms with Crippen LogP contribution in [0.4, 0.5) is 9.93 Å². The maximum atomic E-state index is 11.5. The number of anilines is 1. The van der Waals surface area contributed by atoms with Crippen LogP contribution >= 0.6 is 11.3 Å². The lowest BCUT2D eigenvalue weighted by Gasteiger charge is -2.26. The van der Waals surface area contributed by atoms with Crippen LogP contribution in [0.5, 0.6) is 0 Å². The lowest BCUT2D eigenvalue weighted by atomic mass is 9.89. The lowest BCUT2D eigenvalue weighted by molar-refractivity contribution is -0.147. The predicted octanol–water partition coefficient (Wildman–Crippen LogP) is 2.26. The summed E-state index contributed by atoms with van der Waals surface area (Å²) < 4.78 is 14.9. The van der Waals surface area contributed by atoms with E-state index in [-0.39, 0.29) is 19.8 Å². The number of hydrogen-bond acceptors (Lipinski definition) is 8. The van der Waals surface area contributed by atoms with Crippen molar-refractivity contribution in [2.45, 2.75) is 26.2 Å². The van der Waals surface area contributed by atoms with Crippen molar-refractivity contribution >= 4 is 34.5 Å². The minimum atomic E-state index is -0.835. The summed E-state index contributed by atoms with van der Waals surface area (Å²) in [6.07, 6.45) is 0.791. The van der Waals surface area contributed by atoms with E-state index in [0.717, 1.165) is 0 Å². The van der Waals surface area contributed by atoms with Crippen molar-refractivity contribution in [2.75, 3.05) is 25.1 Å². The second-order valence-corrected chi connectivity index (χ2v) is 6.03. The fourth-order valence-corrected chi connectivity index (χ4v) is 2.43. The van der Waals surface area contributed by atoms with Gasteiger partial charge in [0.2, 0.25) is 0 Å². The molecule has 0 atom stereocenters. The third-order valence-corrected chi connectivity index (χ3v) is 3.61. The van der Waals surface area contributed by atoms with Gasteiger partial charge in [-0.2, -0.15) is 0 Å². The molecule has 0 unspecified atom stereocenters. The number of carbonyl (C=O) groups is 3. The van der Waals surface area contributed by atoms with Crippen molar-refractivity contribution in [3.63, 3.8) is 0 Å². The zero-order valence-corrected chi connectivity index (χ0v) is 14.6. The molecule has 0 spiro atoms. The van der Waals surface area contributed by atoms with E-state index in [0.29, 0.717) is 10.8 Å². The molecule has 1 rings (SSSR count). The summed E-state index contributed by atoms with van der Waals surface area (Å²) >= 11 is 1.18. The number of rotatable bonds is 8. The monoisotopic (exact) mass is 356 g/mol. The van der Waals surface area contributed by atoms with Crippen molar-refractivity contribution in [3.8, 4) is 0 Å². The largest absolute Gasteiger partial charge is 0.465 e. The number of carbonyl (C=O) groups excluding carboxylic acids is 3. The van der Waals surface area contributed by atoms with E-state index in [1.165, 1.54) is 31.3 Å². The first-order chi connectivity index (χ1) is 11.3. The van der Waals surface area contributed by atoms with Gasteiger partial charge in [-0.25, -0.2) is 9.78 Å². The van der Waals surface area contributed by atoms with Gasteiger partial charge in [-0.1, -0.05) is 12.7 Å². The molecule has 0 fully saturated rings. The third kappa shape index (κ3) is 6.37. The van der Waals surface area contributed by atoms with Crippen LogP contribution in [0.3, 0.4) is 0 Å². The highest BCUT2D eigenvalue weighted by atomic mass is 32.1. The first-order valence-corrected chi connectivity index (χ1v) is 7.92. The molecule has 9 heteroatoms. The summed E-state index contributed by atoms with van der Waals surface area (Å²) in [5, 5.41) is 4.49. The zero-order chi connectivity index (χ0) is 18.2. The highest BCUT2D eigenvalue weighted by Gasteiger charge is 2.33. The molecule has 24 heavy (non-hydrogen) atoms. The smallest absolute Gasteiger partial charge is 0.413 e. The van der Waals surface area contributed by atoms with Gasteiger partial charge < -0.3 is 14.2 Å². The number of nitrogens with zero attached hydrogens (tertiary/aromatic N) is 1. The van der Waals surface area contributed by atoms with Gasteiger partial charge in [-0.15, -0.1) is 11.3 Å². The fraction of sp³-hybridized carbons (Fsp3) is 0.467. The Balaban J connectivity index is 2.85. The molecule has 1 N–H and O–H groups in total. The summed E-state index contributed by atoms with van der Waals surface area (Å²) in [6, 6.07) is 0. The molecule has 0 saturated heterocycles. The van der Waals surface area contributed by atoms with Crippen LogP contribution in [0, 0.1) is 0 Å². The number of aromatic nitrogens is 1. The Labute approximate surface area is 143 Å². The first kappa shape index (κ1) is 19.6. The molecule has 8 nitrogen and oxygen atoms in total. The molecule has 0 saturated carbocycles. The third-order valence-electron chi connectivity index (χ3n) is 2.85. The van der Waals surface area contributed by atoms with Gasteiger partial charge in [0.25, 0.3) is 0 Å². The van der Waals surface area contributed by atoms with Crippen molar-refractivity contribution in [3.05, 3.63) is 23.7 Å². The van der Waals surface area contributed by atoms with Gasteiger partial charge in [0.15, 0.2) is 5.13 Å². The molecule has 0 bridgehead atoms. The van der Waals surface area contributed by atoms with E-state index in [2.05, 4.69) is 16.9 Å². The van der Waals surface area contributed by atoms with E-state index < -0.39 is 23.4 Å². The standard InChI is InChI=1S/C15H20N2O6S/c1-5-6-21-14(20)17-13-16-12(7-24-13)15(4,8-22-10(2)18)9-23-11(3)19/h5,7H,1,6,8-9H2,2-4H3,(H,16,17,20). The summed E-state index contributed by atoms with van der Waals surface area (Å²) in [4.78, 5) is 38.0.